The number of H-pyrrole nitrogens is 2. The van der Waals surface area contributed by atoms with Crippen molar-refractivity contribution >= 4 is 22.1 Å². The molecule has 0 saturated carbocycles. The summed E-state index contributed by atoms with van der Waals surface area (Å²) in [5.74, 6) is 0. The maximum Gasteiger partial charge on any atom is 0.137 e. The molecular weight excluding hydrogens is 236 g/mol. The van der Waals surface area contributed by atoms with Crippen LogP contribution in [0.15, 0.2) is 43.0 Å². The Bertz CT molecular complexity index is 885. The highest BCUT2D eigenvalue weighted by atomic mass is 14.9. The van der Waals surface area contributed by atoms with E-state index in [2.05, 4.69) is 45.1 Å². The number of benzene rings is 1. The van der Waals surface area contributed by atoms with E-state index in [1.807, 2.05) is 18.5 Å². The largest absolute Gasteiger partial charge is 0.346 e. The summed E-state index contributed by atoms with van der Waals surface area (Å²) in [6, 6.07) is 8.40. The van der Waals surface area contributed by atoms with E-state index in [-0.39, 0.29) is 0 Å². The van der Waals surface area contributed by atoms with E-state index in [9.17, 15) is 0 Å². The molecule has 0 aliphatic rings. The smallest absolute Gasteiger partial charge is 0.137 e. The zero-order chi connectivity index (χ0) is 12.8. The van der Waals surface area contributed by atoms with Gasteiger partial charge in [-0.3, -0.25) is 0 Å². The van der Waals surface area contributed by atoms with Crippen molar-refractivity contribution in [2.75, 3.05) is 0 Å². The summed E-state index contributed by atoms with van der Waals surface area (Å²) < 4.78 is 0. The molecule has 92 valence electrons. The van der Waals surface area contributed by atoms with Crippen molar-refractivity contribution in [2.24, 2.45) is 0 Å². The number of nitrogens with one attached hydrogen (secondary N) is 2. The monoisotopic (exact) mass is 248 g/mol. The lowest BCUT2D eigenvalue weighted by molar-refractivity contribution is 1.29. The summed E-state index contributed by atoms with van der Waals surface area (Å²) in [6.07, 6.45) is 5.60. The lowest BCUT2D eigenvalue weighted by Crippen LogP contribution is -1.80. The predicted molar refractivity (Wildman–Crippen MR) is 75.9 cm³/mol. The lowest BCUT2D eigenvalue weighted by Gasteiger charge is -2.00. The maximum atomic E-state index is 4.40. The van der Waals surface area contributed by atoms with Crippen molar-refractivity contribution < 1.29 is 0 Å². The Morgan fingerprint density at radius 3 is 2.95 bits per heavy atom. The van der Waals surface area contributed by atoms with Crippen molar-refractivity contribution in [2.45, 2.75) is 6.92 Å². The second kappa shape index (κ2) is 3.68. The fraction of sp³-hybridized carbons (Fsp3) is 0.0667. The van der Waals surface area contributed by atoms with Gasteiger partial charge in [0, 0.05) is 23.3 Å². The number of imidazole rings is 1. The number of hydrogen-bond donors (Lipinski definition) is 2. The van der Waals surface area contributed by atoms with Crippen LogP contribution in [-0.2, 0) is 0 Å². The molecule has 0 bridgehead atoms. The highest BCUT2D eigenvalue weighted by molar-refractivity contribution is 5.95. The van der Waals surface area contributed by atoms with Crippen molar-refractivity contribution in [3.63, 3.8) is 0 Å². The van der Waals surface area contributed by atoms with Crippen LogP contribution >= 0.6 is 0 Å². The minimum absolute atomic E-state index is 0.922. The second-order valence-corrected chi connectivity index (χ2v) is 4.75. The topological polar surface area (TPSA) is 57.4 Å². The van der Waals surface area contributed by atoms with Crippen LogP contribution < -0.4 is 0 Å². The lowest BCUT2D eigenvalue weighted by atomic mass is 10.0. The number of aromatic amines is 2. The average Bonchev–Trinajstić information content (AvgIpc) is 3.03. The van der Waals surface area contributed by atoms with Gasteiger partial charge in [-0.05, 0) is 36.2 Å². The molecule has 2 N–H and O–H groups in total. The fourth-order valence-corrected chi connectivity index (χ4v) is 2.45. The van der Waals surface area contributed by atoms with Crippen molar-refractivity contribution in [3.05, 3.63) is 48.5 Å². The summed E-state index contributed by atoms with van der Waals surface area (Å²) in [4.78, 5) is 15.0. The molecule has 0 fully saturated rings. The normalized spacial score (nSPS) is 11.4. The Hall–Kier alpha value is -2.62. The highest BCUT2D eigenvalue weighted by Crippen LogP contribution is 2.29. The second-order valence-electron chi connectivity index (χ2n) is 4.75. The van der Waals surface area contributed by atoms with E-state index >= 15 is 0 Å². The number of aromatic nitrogens is 4. The molecule has 0 atom stereocenters. The van der Waals surface area contributed by atoms with Gasteiger partial charge in [-0.15, -0.1) is 0 Å². The SMILES string of the molecule is Cc1cnc2[nH]cc(-c3ccc4nc[nH]c4c3)c2c1. The van der Waals surface area contributed by atoms with E-state index in [4.69, 9.17) is 0 Å². The van der Waals surface area contributed by atoms with Gasteiger partial charge >= 0.3 is 0 Å². The third kappa shape index (κ3) is 1.53. The van der Waals surface area contributed by atoms with Crippen LogP contribution in [0.1, 0.15) is 5.56 Å². The van der Waals surface area contributed by atoms with Gasteiger partial charge in [0.25, 0.3) is 0 Å². The Balaban J connectivity index is 2.00. The fourth-order valence-electron chi connectivity index (χ4n) is 2.45. The van der Waals surface area contributed by atoms with Gasteiger partial charge < -0.3 is 9.97 Å². The van der Waals surface area contributed by atoms with Gasteiger partial charge in [0.05, 0.1) is 17.4 Å². The molecule has 0 amide bonds. The first-order chi connectivity index (χ1) is 9.31. The Labute approximate surface area is 109 Å². The molecule has 0 spiro atoms. The van der Waals surface area contributed by atoms with Crippen LogP contribution in [0.3, 0.4) is 0 Å². The van der Waals surface area contributed by atoms with E-state index in [0.717, 1.165) is 33.2 Å². The van der Waals surface area contributed by atoms with Gasteiger partial charge in [0.15, 0.2) is 0 Å². The van der Waals surface area contributed by atoms with Crippen LogP contribution in [0, 0.1) is 6.92 Å². The van der Waals surface area contributed by atoms with Gasteiger partial charge in [0.1, 0.15) is 5.65 Å². The molecule has 0 aliphatic carbocycles. The van der Waals surface area contributed by atoms with E-state index in [0.29, 0.717) is 0 Å². The van der Waals surface area contributed by atoms with E-state index in [1.54, 1.807) is 6.33 Å². The molecule has 1 aromatic carbocycles. The molecule has 0 saturated heterocycles. The van der Waals surface area contributed by atoms with Gasteiger partial charge in [-0.2, -0.15) is 0 Å². The van der Waals surface area contributed by atoms with Crippen molar-refractivity contribution in [1.82, 2.24) is 19.9 Å². The molecule has 0 radical (unpaired) electrons. The molecule has 4 heteroatoms. The van der Waals surface area contributed by atoms with Crippen LogP contribution in [0.4, 0.5) is 0 Å². The summed E-state index contributed by atoms with van der Waals surface area (Å²) in [5.41, 5.74) is 6.45. The minimum Gasteiger partial charge on any atom is -0.346 e. The zero-order valence-corrected chi connectivity index (χ0v) is 10.4. The van der Waals surface area contributed by atoms with Crippen LogP contribution in [0.25, 0.3) is 33.2 Å². The zero-order valence-electron chi connectivity index (χ0n) is 10.4. The first kappa shape index (κ1) is 10.3. The van der Waals surface area contributed by atoms with Gasteiger partial charge in [-0.1, -0.05) is 6.07 Å². The average molecular weight is 248 g/mol. The Kier molecular flexibility index (Phi) is 2.00. The molecule has 0 aliphatic heterocycles. The molecule has 4 rings (SSSR count). The van der Waals surface area contributed by atoms with E-state index < -0.39 is 0 Å². The van der Waals surface area contributed by atoms with Crippen LogP contribution in [0.2, 0.25) is 0 Å². The summed E-state index contributed by atoms with van der Waals surface area (Å²) >= 11 is 0. The number of nitrogens with zero attached hydrogens (tertiary/aromatic N) is 2. The molecule has 19 heavy (non-hydrogen) atoms. The standard InChI is InChI=1S/C15H12N4/c1-9-4-11-12(7-17-15(11)16-6-9)10-2-3-13-14(5-10)19-8-18-13/h2-8H,1H3,(H,16,17)(H,18,19). The van der Waals surface area contributed by atoms with Crippen LogP contribution in [-0.4, -0.2) is 19.9 Å². The van der Waals surface area contributed by atoms with E-state index in [1.165, 1.54) is 5.56 Å². The van der Waals surface area contributed by atoms with Crippen LogP contribution in [0.5, 0.6) is 0 Å². The predicted octanol–water partition coefficient (Wildman–Crippen LogP) is 3.41. The number of hydrogen-bond acceptors (Lipinski definition) is 2. The Morgan fingerprint density at radius 1 is 1.05 bits per heavy atom. The third-order valence-electron chi connectivity index (χ3n) is 3.40. The number of fused-ring (bicyclic) bond motifs is 2. The minimum atomic E-state index is 0.922. The number of rotatable bonds is 1. The highest BCUT2D eigenvalue weighted by Gasteiger charge is 2.08. The van der Waals surface area contributed by atoms with Crippen molar-refractivity contribution in [3.8, 4) is 11.1 Å². The maximum absolute atomic E-state index is 4.40. The molecule has 3 aromatic heterocycles. The number of aryl methyl sites for hydroxylation is 1. The first-order valence-electron chi connectivity index (χ1n) is 6.18. The molecule has 4 aromatic rings. The number of pyridine rings is 1. The molecular formula is C15H12N4. The molecule has 3 heterocycles. The Morgan fingerprint density at radius 2 is 2.00 bits per heavy atom. The first-order valence-corrected chi connectivity index (χ1v) is 6.18. The summed E-state index contributed by atoms with van der Waals surface area (Å²) in [7, 11) is 0. The quantitative estimate of drug-likeness (QED) is 0.542. The van der Waals surface area contributed by atoms with Gasteiger partial charge in [-0.25, -0.2) is 9.97 Å². The molecule has 4 nitrogen and oxygen atoms in total. The van der Waals surface area contributed by atoms with Crippen molar-refractivity contribution in [1.29, 1.82) is 0 Å². The summed E-state index contributed by atoms with van der Waals surface area (Å²) in [5, 5.41) is 1.15. The van der Waals surface area contributed by atoms with Gasteiger partial charge in [0.2, 0.25) is 0 Å². The third-order valence-corrected chi connectivity index (χ3v) is 3.40. The summed E-state index contributed by atoms with van der Waals surface area (Å²) in [6.45, 7) is 2.06. The molecule has 0 unspecified atom stereocenters.